The van der Waals surface area contributed by atoms with Crippen molar-refractivity contribution in [2.75, 3.05) is 0 Å². The highest BCUT2D eigenvalue weighted by molar-refractivity contribution is 9.10. The first-order valence-corrected chi connectivity index (χ1v) is 5.32. The van der Waals surface area contributed by atoms with E-state index in [-0.39, 0.29) is 0 Å². The average Bonchev–Trinajstić information content (AvgIpc) is 2.46. The van der Waals surface area contributed by atoms with Gasteiger partial charge in [-0.15, -0.1) is 0 Å². The number of hydrogen-bond donors (Lipinski definition) is 0. The first-order chi connectivity index (χ1) is 6.68. The Kier molecular flexibility index (Phi) is 2.61. The number of aromatic nitrogens is 2. The molecular weight excluding hydrogens is 263 g/mol. The van der Waals surface area contributed by atoms with Crippen LogP contribution in [0.3, 0.4) is 0 Å². The molecule has 0 aliphatic carbocycles. The van der Waals surface area contributed by atoms with Crippen LogP contribution in [0, 0.1) is 6.92 Å². The number of para-hydroxylation sites is 1. The number of hydrogen-bond acceptors (Lipinski definition) is 1. The summed E-state index contributed by atoms with van der Waals surface area (Å²) < 4.78 is 2.69. The van der Waals surface area contributed by atoms with Crippen LogP contribution in [0.5, 0.6) is 0 Å². The molecule has 0 N–H and O–H groups in total. The molecule has 72 valence electrons. The van der Waals surface area contributed by atoms with E-state index in [1.165, 1.54) is 0 Å². The minimum atomic E-state index is 0.620. The normalized spacial score (nSPS) is 10.5. The van der Waals surface area contributed by atoms with E-state index in [4.69, 9.17) is 11.6 Å². The Bertz CT molecular complexity index is 465. The highest BCUT2D eigenvalue weighted by atomic mass is 79.9. The second-order valence-electron chi connectivity index (χ2n) is 2.97. The molecule has 0 fully saturated rings. The van der Waals surface area contributed by atoms with Gasteiger partial charge in [-0.1, -0.05) is 23.7 Å². The summed E-state index contributed by atoms with van der Waals surface area (Å²) in [6, 6.07) is 9.66. The van der Waals surface area contributed by atoms with Crippen molar-refractivity contribution in [1.29, 1.82) is 0 Å². The zero-order valence-electron chi connectivity index (χ0n) is 7.54. The Morgan fingerprint density at radius 1 is 1.36 bits per heavy atom. The van der Waals surface area contributed by atoms with Crippen molar-refractivity contribution in [3.63, 3.8) is 0 Å². The maximum Gasteiger partial charge on any atom is 0.133 e. The third-order valence-electron chi connectivity index (χ3n) is 1.87. The first-order valence-electron chi connectivity index (χ1n) is 4.15. The van der Waals surface area contributed by atoms with E-state index in [2.05, 4.69) is 21.0 Å². The van der Waals surface area contributed by atoms with Crippen LogP contribution in [0.4, 0.5) is 0 Å². The molecule has 0 spiro atoms. The zero-order valence-corrected chi connectivity index (χ0v) is 9.88. The third kappa shape index (κ3) is 1.70. The van der Waals surface area contributed by atoms with Crippen LogP contribution < -0.4 is 0 Å². The van der Waals surface area contributed by atoms with E-state index in [0.29, 0.717) is 5.15 Å². The van der Waals surface area contributed by atoms with Crippen molar-refractivity contribution < 1.29 is 0 Å². The topological polar surface area (TPSA) is 17.8 Å². The molecule has 1 aromatic carbocycles. The Hall–Kier alpha value is -0.800. The fraction of sp³-hybridized carbons (Fsp3) is 0.100. The SMILES string of the molecule is Cc1cc(Cl)n(-c2ccccc2Br)n1. The molecule has 14 heavy (non-hydrogen) atoms. The van der Waals surface area contributed by atoms with Crippen LogP contribution in [0.15, 0.2) is 34.8 Å². The molecule has 0 saturated heterocycles. The van der Waals surface area contributed by atoms with E-state index >= 15 is 0 Å². The van der Waals surface area contributed by atoms with Gasteiger partial charge in [0.1, 0.15) is 5.15 Å². The maximum atomic E-state index is 6.03. The van der Waals surface area contributed by atoms with Crippen molar-refractivity contribution in [2.45, 2.75) is 6.92 Å². The molecule has 2 nitrogen and oxygen atoms in total. The minimum absolute atomic E-state index is 0.620. The fourth-order valence-corrected chi connectivity index (χ4v) is 2.00. The molecule has 2 aromatic rings. The zero-order chi connectivity index (χ0) is 10.1. The molecular formula is C10H8BrClN2. The maximum absolute atomic E-state index is 6.03. The van der Waals surface area contributed by atoms with E-state index in [9.17, 15) is 0 Å². The molecule has 0 bridgehead atoms. The molecule has 1 heterocycles. The van der Waals surface area contributed by atoms with Gasteiger partial charge >= 0.3 is 0 Å². The summed E-state index contributed by atoms with van der Waals surface area (Å²) in [6.07, 6.45) is 0. The van der Waals surface area contributed by atoms with Crippen LogP contribution in [0.1, 0.15) is 5.69 Å². The highest BCUT2D eigenvalue weighted by Crippen LogP contribution is 2.23. The summed E-state index contributed by atoms with van der Waals surface area (Å²) in [4.78, 5) is 0. The Morgan fingerprint density at radius 3 is 2.64 bits per heavy atom. The predicted octanol–water partition coefficient (Wildman–Crippen LogP) is 3.60. The van der Waals surface area contributed by atoms with Gasteiger partial charge < -0.3 is 0 Å². The standard InChI is InChI=1S/C10H8BrClN2/c1-7-6-10(12)14(13-7)9-5-3-2-4-8(9)11/h2-6H,1H3. The van der Waals surface area contributed by atoms with Gasteiger partial charge in [0.2, 0.25) is 0 Å². The van der Waals surface area contributed by atoms with E-state index in [0.717, 1.165) is 15.9 Å². The molecule has 0 atom stereocenters. The lowest BCUT2D eigenvalue weighted by Crippen LogP contribution is -1.97. The van der Waals surface area contributed by atoms with Crippen LogP contribution in [-0.4, -0.2) is 9.78 Å². The second kappa shape index (κ2) is 3.75. The van der Waals surface area contributed by atoms with E-state index < -0.39 is 0 Å². The van der Waals surface area contributed by atoms with Crippen molar-refractivity contribution in [2.24, 2.45) is 0 Å². The average molecular weight is 272 g/mol. The lowest BCUT2D eigenvalue weighted by Gasteiger charge is -2.04. The number of rotatable bonds is 1. The van der Waals surface area contributed by atoms with E-state index in [1.54, 1.807) is 4.68 Å². The number of nitrogens with zero attached hydrogens (tertiary/aromatic N) is 2. The minimum Gasteiger partial charge on any atom is -0.221 e. The molecule has 1 aromatic heterocycles. The quantitative estimate of drug-likeness (QED) is 0.775. The summed E-state index contributed by atoms with van der Waals surface area (Å²) in [5.41, 5.74) is 1.86. The number of benzene rings is 1. The van der Waals surface area contributed by atoms with Crippen LogP contribution in [-0.2, 0) is 0 Å². The van der Waals surface area contributed by atoms with Crippen molar-refractivity contribution in [3.05, 3.63) is 45.7 Å². The van der Waals surface area contributed by atoms with Gasteiger partial charge in [0.05, 0.1) is 11.4 Å². The molecule has 0 radical (unpaired) electrons. The van der Waals surface area contributed by atoms with Gasteiger partial charge in [0.25, 0.3) is 0 Å². The predicted molar refractivity (Wildman–Crippen MR) is 61.0 cm³/mol. The summed E-state index contributed by atoms with van der Waals surface area (Å²) in [5, 5.41) is 4.92. The van der Waals surface area contributed by atoms with Crippen molar-refractivity contribution in [3.8, 4) is 5.69 Å². The summed E-state index contributed by atoms with van der Waals surface area (Å²) in [5.74, 6) is 0. The number of aryl methyl sites for hydroxylation is 1. The second-order valence-corrected chi connectivity index (χ2v) is 4.21. The largest absolute Gasteiger partial charge is 0.221 e. The van der Waals surface area contributed by atoms with Gasteiger partial charge in [0.15, 0.2) is 0 Å². The van der Waals surface area contributed by atoms with Gasteiger partial charge in [-0.2, -0.15) is 5.10 Å². The Balaban J connectivity index is 2.60. The van der Waals surface area contributed by atoms with E-state index in [1.807, 2.05) is 37.3 Å². The summed E-state index contributed by atoms with van der Waals surface area (Å²) in [6.45, 7) is 1.92. The Labute approximate surface area is 95.6 Å². The molecule has 4 heteroatoms. The smallest absolute Gasteiger partial charge is 0.133 e. The van der Waals surface area contributed by atoms with Crippen LogP contribution >= 0.6 is 27.5 Å². The molecule has 2 rings (SSSR count). The van der Waals surface area contributed by atoms with Gasteiger partial charge in [-0.3, -0.25) is 0 Å². The lowest BCUT2D eigenvalue weighted by molar-refractivity contribution is 0.859. The summed E-state index contributed by atoms with van der Waals surface area (Å²) in [7, 11) is 0. The summed E-state index contributed by atoms with van der Waals surface area (Å²) >= 11 is 9.49. The van der Waals surface area contributed by atoms with Gasteiger partial charge in [-0.25, -0.2) is 4.68 Å². The molecule has 0 amide bonds. The Morgan fingerprint density at radius 2 is 2.07 bits per heavy atom. The fourth-order valence-electron chi connectivity index (χ4n) is 1.26. The number of halogens is 2. The molecule has 0 saturated carbocycles. The first kappa shape index (κ1) is 9.74. The molecule has 0 aliphatic heterocycles. The van der Waals surface area contributed by atoms with Gasteiger partial charge in [0, 0.05) is 4.47 Å². The van der Waals surface area contributed by atoms with Crippen LogP contribution in [0.2, 0.25) is 5.15 Å². The molecule has 0 unspecified atom stereocenters. The van der Waals surface area contributed by atoms with Crippen LogP contribution in [0.25, 0.3) is 5.69 Å². The monoisotopic (exact) mass is 270 g/mol. The van der Waals surface area contributed by atoms with Gasteiger partial charge in [-0.05, 0) is 41.1 Å². The van der Waals surface area contributed by atoms with Crippen molar-refractivity contribution in [1.82, 2.24) is 9.78 Å². The molecule has 0 aliphatic rings. The van der Waals surface area contributed by atoms with Crippen molar-refractivity contribution >= 4 is 27.5 Å². The third-order valence-corrected chi connectivity index (χ3v) is 2.81. The lowest BCUT2D eigenvalue weighted by atomic mass is 10.3. The highest BCUT2D eigenvalue weighted by Gasteiger charge is 2.07.